The number of thioether (sulfide) groups is 1. The first-order chi connectivity index (χ1) is 7.45. The molecule has 1 unspecified atom stereocenters. The fourth-order valence-corrected chi connectivity index (χ4v) is 3.20. The van der Waals surface area contributed by atoms with Gasteiger partial charge in [-0.3, -0.25) is 0 Å². The summed E-state index contributed by atoms with van der Waals surface area (Å²) in [4.78, 5) is 0.245. The van der Waals surface area contributed by atoms with E-state index in [1.165, 1.54) is 12.1 Å². The fourth-order valence-electron chi connectivity index (χ4n) is 1.26. The Kier molecular flexibility index (Phi) is 4.64. The van der Waals surface area contributed by atoms with Crippen LogP contribution >= 0.6 is 11.8 Å². The zero-order valence-electron chi connectivity index (χ0n) is 9.30. The van der Waals surface area contributed by atoms with Gasteiger partial charge >= 0.3 is 0 Å². The molecule has 0 radical (unpaired) electrons. The van der Waals surface area contributed by atoms with Crippen LogP contribution in [0.5, 0.6) is 0 Å². The second-order valence-corrected chi connectivity index (χ2v) is 6.17. The summed E-state index contributed by atoms with van der Waals surface area (Å²) in [6.07, 6.45) is 1.94. The van der Waals surface area contributed by atoms with Crippen molar-refractivity contribution in [3.05, 3.63) is 24.3 Å². The molecule has 4 nitrogen and oxygen atoms in total. The Morgan fingerprint density at radius 3 is 2.44 bits per heavy atom. The Bertz CT molecular complexity index is 429. The summed E-state index contributed by atoms with van der Waals surface area (Å²) in [7, 11) is -3.42. The van der Waals surface area contributed by atoms with Gasteiger partial charge in [0.15, 0.2) is 0 Å². The van der Waals surface area contributed by atoms with Gasteiger partial charge in [0, 0.05) is 17.5 Å². The molecule has 0 aliphatic carbocycles. The molecular weight excluding hydrogens is 244 g/mol. The molecule has 0 aromatic heterocycles. The molecule has 16 heavy (non-hydrogen) atoms. The lowest BCUT2D eigenvalue weighted by atomic mass is 10.3. The minimum atomic E-state index is -3.42. The second-order valence-electron chi connectivity index (χ2n) is 3.55. The normalized spacial score (nSPS) is 13.6. The van der Waals surface area contributed by atoms with Crippen molar-refractivity contribution in [1.29, 1.82) is 0 Å². The molecule has 1 aromatic carbocycles. The first-order valence-corrected chi connectivity index (χ1v) is 7.70. The maximum absolute atomic E-state index is 11.9. The summed E-state index contributed by atoms with van der Waals surface area (Å²) >= 11 is 1.60. The Labute approximate surface area is 101 Å². The minimum Gasteiger partial charge on any atom is -0.399 e. The topological polar surface area (TPSA) is 72.2 Å². The van der Waals surface area contributed by atoms with Crippen LogP contribution in [0, 0.1) is 0 Å². The van der Waals surface area contributed by atoms with Gasteiger partial charge in [0.05, 0.1) is 4.90 Å². The molecule has 0 spiro atoms. The van der Waals surface area contributed by atoms with E-state index in [0.717, 1.165) is 5.75 Å². The number of nitrogen functional groups attached to an aromatic ring is 1. The van der Waals surface area contributed by atoms with Gasteiger partial charge < -0.3 is 5.73 Å². The van der Waals surface area contributed by atoms with Crippen LogP contribution in [0.1, 0.15) is 6.92 Å². The van der Waals surface area contributed by atoms with Gasteiger partial charge in [-0.2, -0.15) is 11.8 Å². The molecule has 1 aromatic rings. The lowest BCUT2D eigenvalue weighted by molar-refractivity contribution is 0.571. The molecular formula is C10H16N2O2S2. The summed E-state index contributed by atoms with van der Waals surface area (Å²) in [6.45, 7) is 1.84. The maximum atomic E-state index is 11.9. The van der Waals surface area contributed by atoms with Gasteiger partial charge in [0.25, 0.3) is 0 Å². The number of rotatable bonds is 5. The van der Waals surface area contributed by atoms with Crippen molar-refractivity contribution in [2.24, 2.45) is 0 Å². The highest BCUT2D eigenvalue weighted by Gasteiger charge is 2.16. The lowest BCUT2D eigenvalue weighted by Crippen LogP contribution is -2.34. The third-order valence-corrected chi connectivity index (χ3v) is 4.40. The largest absolute Gasteiger partial charge is 0.399 e. The van der Waals surface area contributed by atoms with Crippen molar-refractivity contribution in [3.8, 4) is 0 Å². The molecule has 0 aliphatic rings. The number of sulfonamides is 1. The Morgan fingerprint density at radius 1 is 1.38 bits per heavy atom. The lowest BCUT2D eigenvalue weighted by Gasteiger charge is -2.12. The number of benzene rings is 1. The average molecular weight is 260 g/mol. The number of hydrogen-bond donors (Lipinski definition) is 2. The van der Waals surface area contributed by atoms with E-state index >= 15 is 0 Å². The van der Waals surface area contributed by atoms with Gasteiger partial charge in [0.1, 0.15) is 0 Å². The van der Waals surface area contributed by atoms with Gasteiger partial charge in [-0.15, -0.1) is 0 Å². The molecule has 0 saturated carbocycles. The van der Waals surface area contributed by atoms with Crippen LogP contribution in [0.25, 0.3) is 0 Å². The molecule has 1 atom stereocenters. The zero-order valence-corrected chi connectivity index (χ0v) is 10.9. The summed E-state index contributed by atoms with van der Waals surface area (Å²) in [6, 6.07) is 6.08. The number of hydrogen-bond acceptors (Lipinski definition) is 4. The number of nitrogens with two attached hydrogens (primary N) is 1. The van der Waals surface area contributed by atoms with Gasteiger partial charge in [-0.05, 0) is 37.4 Å². The molecule has 1 rings (SSSR count). The molecule has 0 amide bonds. The Hall–Kier alpha value is -0.720. The second kappa shape index (κ2) is 5.56. The molecule has 0 fully saturated rings. The van der Waals surface area contributed by atoms with E-state index in [9.17, 15) is 8.42 Å². The molecule has 0 saturated heterocycles. The van der Waals surface area contributed by atoms with E-state index in [-0.39, 0.29) is 10.9 Å². The molecule has 0 bridgehead atoms. The quantitative estimate of drug-likeness (QED) is 0.783. The highest BCUT2D eigenvalue weighted by Crippen LogP contribution is 2.12. The third kappa shape index (κ3) is 3.70. The highest BCUT2D eigenvalue weighted by atomic mass is 32.2. The summed E-state index contributed by atoms with van der Waals surface area (Å²) < 4.78 is 26.3. The van der Waals surface area contributed by atoms with Crippen LogP contribution in [-0.4, -0.2) is 26.5 Å². The van der Waals surface area contributed by atoms with Crippen molar-refractivity contribution in [2.75, 3.05) is 17.7 Å². The maximum Gasteiger partial charge on any atom is 0.240 e. The van der Waals surface area contributed by atoms with Crippen molar-refractivity contribution >= 4 is 27.5 Å². The van der Waals surface area contributed by atoms with Crippen LogP contribution in [0.3, 0.4) is 0 Å². The summed E-state index contributed by atoms with van der Waals surface area (Å²) in [5, 5.41) is 0. The third-order valence-electron chi connectivity index (χ3n) is 1.96. The van der Waals surface area contributed by atoms with Crippen molar-refractivity contribution in [3.63, 3.8) is 0 Å². The van der Waals surface area contributed by atoms with Crippen molar-refractivity contribution in [1.82, 2.24) is 4.72 Å². The predicted molar refractivity (Wildman–Crippen MR) is 69.0 cm³/mol. The fraction of sp³-hybridized carbons (Fsp3) is 0.400. The van der Waals surface area contributed by atoms with E-state index in [4.69, 9.17) is 5.73 Å². The van der Waals surface area contributed by atoms with Crippen LogP contribution in [-0.2, 0) is 10.0 Å². The molecule has 0 heterocycles. The molecule has 3 N–H and O–H groups in total. The zero-order chi connectivity index (χ0) is 12.2. The number of nitrogens with one attached hydrogen (secondary N) is 1. The van der Waals surface area contributed by atoms with E-state index in [1.807, 2.05) is 13.2 Å². The van der Waals surface area contributed by atoms with E-state index in [1.54, 1.807) is 23.9 Å². The van der Waals surface area contributed by atoms with Crippen LogP contribution < -0.4 is 10.5 Å². The summed E-state index contributed by atoms with van der Waals surface area (Å²) in [5.41, 5.74) is 6.05. The van der Waals surface area contributed by atoms with Gasteiger partial charge in [0.2, 0.25) is 10.0 Å². The van der Waals surface area contributed by atoms with E-state index < -0.39 is 10.0 Å². The first kappa shape index (κ1) is 13.3. The smallest absolute Gasteiger partial charge is 0.240 e. The van der Waals surface area contributed by atoms with Crippen LogP contribution in [0.4, 0.5) is 5.69 Å². The first-order valence-electron chi connectivity index (χ1n) is 4.82. The highest BCUT2D eigenvalue weighted by molar-refractivity contribution is 7.98. The summed E-state index contributed by atoms with van der Waals surface area (Å²) in [5.74, 6) is 0.744. The van der Waals surface area contributed by atoms with Crippen molar-refractivity contribution < 1.29 is 8.42 Å². The van der Waals surface area contributed by atoms with Crippen LogP contribution in [0.15, 0.2) is 29.2 Å². The van der Waals surface area contributed by atoms with Gasteiger partial charge in [-0.25, -0.2) is 13.1 Å². The average Bonchev–Trinajstić information content (AvgIpc) is 2.17. The van der Waals surface area contributed by atoms with Crippen LogP contribution in [0.2, 0.25) is 0 Å². The molecule has 90 valence electrons. The minimum absolute atomic E-state index is 0.0856. The standard InChI is InChI=1S/C10H16N2O2S2/c1-8(7-15-2)12-16(13,14)10-5-3-9(11)4-6-10/h3-6,8,12H,7,11H2,1-2H3. The van der Waals surface area contributed by atoms with Gasteiger partial charge in [-0.1, -0.05) is 0 Å². The monoisotopic (exact) mass is 260 g/mol. The number of anilines is 1. The van der Waals surface area contributed by atoms with E-state index in [2.05, 4.69) is 4.72 Å². The predicted octanol–water partition coefficient (Wildman–Crippen LogP) is 1.30. The van der Waals surface area contributed by atoms with Crippen molar-refractivity contribution in [2.45, 2.75) is 17.9 Å². The van der Waals surface area contributed by atoms with E-state index in [0.29, 0.717) is 5.69 Å². The Morgan fingerprint density at radius 2 is 1.94 bits per heavy atom. The SMILES string of the molecule is CSCC(C)NS(=O)(=O)c1ccc(N)cc1. The Balaban J connectivity index is 2.82. The molecule has 0 aliphatic heterocycles. The molecule has 6 heteroatoms.